The van der Waals surface area contributed by atoms with Crippen LogP contribution < -0.4 is 0 Å². The highest BCUT2D eigenvalue weighted by Crippen LogP contribution is 2.34. The Morgan fingerprint density at radius 2 is 1.58 bits per heavy atom. The summed E-state index contributed by atoms with van der Waals surface area (Å²) in [5, 5.41) is 1.31. The summed E-state index contributed by atoms with van der Waals surface area (Å²) < 4.78 is 2.29. The molecule has 0 amide bonds. The molecule has 2 nitrogen and oxygen atoms in total. The molecule has 2 heterocycles. The van der Waals surface area contributed by atoms with Gasteiger partial charge in [-0.15, -0.1) is 0 Å². The first-order chi connectivity index (χ1) is 11.9. The second-order valence-electron chi connectivity index (χ2n) is 6.45. The lowest BCUT2D eigenvalue weighted by Crippen LogP contribution is -1.99. The summed E-state index contributed by atoms with van der Waals surface area (Å²) in [5.41, 5.74) is 6.69. The quantitative estimate of drug-likeness (QED) is 0.499. The zero-order valence-corrected chi connectivity index (χ0v) is 13.4. The van der Waals surface area contributed by atoms with Gasteiger partial charge in [0.15, 0.2) is 0 Å². The molecule has 0 atom stereocenters. The van der Waals surface area contributed by atoms with Crippen LogP contribution in [-0.2, 0) is 12.8 Å². The van der Waals surface area contributed by atoms with Crippen molar-refractivity contribution in [3.63, 3.8) is 0 Å². The van der Waals surface area contributed by atoms with E-state index in [0.717, 1.165) is 5.82 Å². The van der Waals surface area contributed by atoms with Crippen molar-refractivity contribution in [1.29, 1.82) is 0 Å². The molecule has 1 aliphatic rings. The van der Waals surface area contributed by atoms with Crippen LogP contribution in [0.2, 0.25) is 0 Å². The van der Waals surface area contributed by atoms with Crippen LogP contribution in [0.5, 0.6) is 0 Å². The van der Waals surface area contributed by atoms with E-state index in [2.05, 4.69) is 70.2 Å². The first-order valence-corrected chi connectivity index (χ1v) is 8.54. The van der Waals surface area contributed by atoms with Gasteiger partial charge in [-0.3, -0.25) is 4.57 Å². The normalized spacial score (nSPS) is 13.3. The van der Waals surface area contributed by atoms with E-state index >= 15 is 0 Å². The van der Waals surface area contributed by atoms with E-state index in [0.29, 0.717) is 0 Å². The Morgan fingerprint density at radius 1 is 0.792 bits per heavy atom. The maximum atomic E-state index is 4.61. The van der Waals surface area contributed by atoms with Crippen molar-refractivity contribution in [2.75, 3.05) is 0 Å². The van der Waals surface area contributed by atoms with E-state index in [1.807, 2.05) is 12.3 Å². The predicted octanol–water partition coefficient (Wildman–Crippen LogP) is 5.18. The van der Waals surface area contributed by atoms with Crippen LogP contribution in [0.4, 0.5) is 0 Å². The third-order valence-electron chi connectivity index (χ3n) is 4.96. The smallest absolute Gasteiger partial charge is 0.137 e. The molecular formula is C22H18N2. The third kappa shape index (κ3) is 2.07. The minimum absolute atomic E-state index is 0.976. The molecule has 0 unspecified atom stereocenters. The van der Waals surface area contributed by atoms with Crippen LogP contribution in [0.3, 0.4) is 0 Å². The Morgan fingerprint density at radius 3 is 2.38 bits per heavy atom. The van der Waals surface area contributed by atoms with Gasteiger partial charge in [0.2, 0.25) is 0 Å². The minimum atomic E-state index is 0.976. The van der Waals surface area contributed by atoms with Crippen LogP contribution in [0.15, 0.2) is 72.9 Å². The Balaban J connectivity index is 1.85. The Bertz CT molecular complexity index is 1010. The number of fused-ring (bicyclic) bond motifs is 2. The number of aromatic nitrogens is 2. The number of hydrogen-bond donors (Lipinski definition) is 0. The lowest BCUT2D eigenvalue weighted by molar-refractivity contribution is 0.911. The van der Waals surface area contributed by atoms with Crippen molar-refractivity contribution in [1.82, 2.24) is 9.55 Å². The number of benzene rings is 2. The number of aryl methyl sites for hydroxylation is 2. The first-order valence-electron chi connectivity index (χ1n) is 8.54. The van der Waals surface area contributed by atoms with E-state index < -0.39 is 0 Å². The van der Waals surface area contributed by atoms with Crippen LogP contribution in [-0.4, -0.2) is 9.55 Å². The van der Waals surface area contributed by atoms with Gasteiger partial charge in [0.05, 0.1) is 11.2 Å². The van der Waals surface area contributed by atoms with Gasteiger partial charge in [0.25, 0.3) is 0 Å². The first kappa shape index (κ1) is 13.6. The largest absolute Gasteiger partial charge is 0.294 e. The zero-order valence-electron chi connectivity index (χ0n) is 13.4. The SMILES string of the molecule is c1ccc(-c2cc3cc4c(cc3n2-c2ccccn2)CCC4)cc1. The van der Waals surface area contributed by atoms with Crippen molar-refractivity contribution in [3.8, 4) is 17.1 Å². The van der Waals surface area contributed by atoms with E-state index in [4.69, 9.17) is 0 Å². The van der Waals surface area contributed by atoms with Crippen molar-refractivity contribution in [2.24, 2.45) is 0 Å². The highest BCUT2D eigenvalue weighted by atomic mass is 15.1. The fraction of sp³-hybridized carbons (Fsp3) is 0.136. The maximum absolute atomic E-state index is 4.61. The standard InChI is InChI=1S/C22H18N2/c1-2-7-16(8-3-1)20-15-19-13-17-9-6-10-18(17)14-21(19)24(20)22-11-4-5-12-23-22/h1-5,7-8,11-15H,6,9-10H2. The summed E-state index contributed by atoms with van der Waals surface area (Å²) in [6.07, 6.45) is 5.54. The van der Waals surface area contributed by atoms with Gasteiger partial charge in [0.1, 0.15) is 5.82 Å². The number of pyridine rings is 1. The molecule has 0 radical (unpaired) electrons. The molecule has 0 bridgehead atoms. The molecule has 0 N–H and O–H groups in total. The average Bonchev–Trinajstić information content (AvgIpc) is 3.24. The van der Waals surface area contributed by atoms with Crippen LogP contribution >= 0.6 is 0 Å². The highest BCUT2D eigenvalue weighted by Gasteiger charge is 2.17. The molecule has 0 spiro atoms. The van der Waals surface area contributed by atoms with E-state index in [9.17, 15) is 0 Å². The number of rotatable bonds is 2. The Labute approximate surface area is 141 Å². The van der Waals surface area contributed by atoms with Crippen LogP contribution in [0, 0.1) is 0 Å². The molecule has 0 aliphatic heterocycles. The van der Waals surface area contributed by atoms with Crippen molar-refractivity contribution in [3.05, 3.63) is 84.1 Å². The van der Waals surface area contributed by atoms with Gasteiger partial charge in [-0.25, -0.2) is 4.98 Å². The molecule has 0 fully saturated rings. The Kier molecular flexibility index (Phi) is 3.02. The Hall–Kier alpha value is -2.87. The molecule has 2 heteroatoms. The molecule has 0 saturated heterocycles. The summed E-state index contributed by atoms with van der Waals surface area (Å²) in [7, 11) is 0. The van der Waals surface area contributed by atoms with E-state index in [-0.39, 0.29) is 0 Å². The molecular weight excluding hydrogens is 292 g/mol. The van der Waals surface area contributed by atoms with Gasteiger partial charge < -0.3 is 0 Å². The molecule has 5 rings (SSSR count). The minimum Gasteiger partial charge on any atom is -0.294 e. The molecule has 4 aromatic rings. The van der Waals surface area contributed by atoms with E-state index in [1.54, 1.807) is 0 Å². The maximum Gasteiger partial charge on any atom is 0.137 e. The van der Waals surface area contributed by atoms with Crippen molar-refractivity contribution < 1.29 is 0 Å². The monoisotopic (exact) mass is 310 g/mol. The summed E-state index contributed by atoms with van der Waals surface area (Å²) in [4.78, 5) is 4.61. The average molecular weight is 310 g/mol. The fourth-order valence-electron chi connectivity index (χ4n) is 3.84. The second kappa shape index (κ2) is 5.34. The topological polar surface area (TPSA) is 17.8 Å². The van der Waals surface area contributed by atoms with Gasteiger partial charge in [-0.2, -0.15) is 0 Å². The molecule has 2 aromatic heterocycles. The van der Waals surface area contributed by atoms with Gasteiger partial charge in [0, 0.05) is 11.6 Å². The lowest BCUT2D eigenvalue weighted by atomic mass is 10.1. The molecule has 116 valence electrons. The zero-order chi connectivity index (χ0) is 15.9. The molecule has 24 heavy (non-hydrogen) atoms. The van der Waals surface area contributed by atoms with Gasteiger partial charge in [-0.05, 0) is 66.3 Å². The summed E-state index contributed by atoms with van der Waals surface area (Å²) >= 11 is 0. The molecule has 1 aliphatic carbocycles. The lowest BCUT2D eigenvalue weighted by Gasteiger charge is -2.11. The van der Waals surface area contributed by atoms with Gasteiger partial charge >= 0.3 is 0 Å². The molecule has 0 saturated carbocycles. The highest BCUT2D eigenvalue weighted by molar-refractivity contribution is 5.90. The van der Waals surface area contributed by atoms with Crippen LogP contribution in [0.1, 0.15) is 17.5 Å². The van der Waals surface area contributed by atoms with Gasteiger partial charge in [-0.1, -0.05) is 36.4 Å². The predicted molar refractivity (Wildman–Crippen MR) is 98.5 cm³/mol. The van der Waals surface area contributed by atoms with Crippen molar-refractivity contribution >= 4 is 10.9 Å². The number of hydrogen-bond acceptors (Lipinski definition) is 1. The second-order valence-corrected chi connectivity index (χ2v) is 6.45. The summed E-state index contributed by atoms with van der Waals surface area (Å²) in [5.74, 6) is 0.976. The summed E-state index contributed by atoms with van der Waals surface area (Å²) in [6, 6.07) is 23.7. The van der Waals surface area contributed by atoms with Crippen molar-refractivity contribution in [2.45, 2.75) is 19.3 Å². The van der Waals surface area contributed by atoms with Crippen LogP contribution in [0.25, 0.3) is 28.0 Å². The fourth-order valence-corrected chi connectivity index (χ4v) is 3.84. The molecule has 2 aromatic carbocycles. The van der Waals surface area contributed by atoms with E-state index in [1.165, 1.54) is 52.5 Å². The third-order valence-corrected chi connectivity index (χ3v) is 4.96. The summed E-state index contributed by atoms with van der Waals surface area (Å²) in [6.45, 7) is 0. The number of nitrogens with zero attached hydrogens (tertiary/aromatic N) is 2.